The third-order valence-electron chi connectivity index (χ3n) is 1.63. The van der Waals surface area contributed by atoms with Crippen LogP contribution in [0.1, 0.15) is 24.3 Å². The van der Waals surface area contributed by atoms with E-state index in [0.29, 0.717) is 0 Å². The van der Waals surface area contributed by atoms with Crippen molar-refractivity contribution in [2.45, 2.75) is 25.9 Å². The van der Waals surface area contributed by atoms with Crippen molar-refractivity contribution in [3.8, 4) is 6.08 Å². The van der Waals surface area contributed by atoms with E-state index in [1.807, 2.05) is 0 Å². The number of aryl methyl sites for hydroxylation is 1. The summed E-state index contributed by atoms with van der Waals surface area (Å²) in [4.78, 5) is 3.22. The van der Waals surface area contributed by atoms with Gasteiger partial charge in [0.15, 0.2) is 5.69 Å². The first-order valence-corrected chi connectivity index (χ1v) is 4.24. The molecule has 1 rings (SSSR count). The van der Waals surface area contributed by atoms with Crippen LogP contribution in [-0.4, -0.2) is 17.8 Å². The number of nitrogens with zero attached hydrogens (tertiary/aromatic N) is 1. The van der Waals surface area contributed by atoms with Crippen molar-refractivity contribution in [2.75, 3.05) is 6.61 Å². The molecular formula is C8H8F5NO2. The second-order valence-corrected chi connectivity index (χ2v) is 2.94. The number of hydrogen-bond acceptors (Lipinski definition) is 3. The van der Waals surface area contributed by atoms with Gasteiger partial charge in [-0.05, 0) is 6.92 Å². The first kappa shape index (κ1) is 12.7. The van der Waals surface area contributed by atoms with Gasteiger partial charge >= 0.3 is 12.3 Å². The lowest BCUT2D eigenvalue weighted by atomic mass is 10.4. The van der Waals surface area contributed by atoms with Gasteiger partial charge in [-0.3, -0.25) is 0 Å². The first-order valence-electron chi connectivity index (χ1n) is 4.24. The van der Waals surface area contributed by atoms with Gasteiger partial charge in [0.05, 0.1) is 6.42 Å². The Kier molecular flexibility index (Phi) is 3.71. The van der Waals surface area contributed by atoms with Gasteiger partial charge in [-0.1, -0.05) is 0 Å². The van der Waals surface area contributed by atoms with E-state index >= 15 is 0 Å². The summed E-state index contributed by atoms with van der Waals surface area (Å²) in [5, 5.41) is 0. The summed E-state index contributed by atoms with van der Waals surface area (Å²) in [6.07, 6.45) is -8.98. The van der Waals surface area contributed by atoms with Crippen LogP contribution in [0.2, 0.25) is 0 Å². The molecule has 3 nitrogen and oxygen atoms in total. The van der Waals surface area contributed by atoms with Crippen molar-refractivity contribution < 1.29 is 31.1 Å². The molecule has 0 aromatic carbocycles. The number of oxazole rings is 1. The fraction of sp³-hybridized carbons (Fsp3) is 0.625. The molecule has 0 atom stereocenters. The van der Waals surface area contributed by atoms with Crippen LogP contribution < -0.4 is 4.74 Å². The molecule has 0 bridgehead atoms. The van der Waals surface area contributed by atoms with Crippen molar-refractivity contribution in [1.29, 1.82) is 0 Å². The Morgan fingerprint density at radius 2 is 2.00 bits per heavy atom. The van der Waals surface area contributed by atoms with E-state index in [9.17, 15) is 22.0 Å². The van der Waals surface area contributed by atoms with E-state index in [1.165, 1.54) is 6.92 Å². The molecule has 1 aromatic heterocycles. The lowest BCUT2D eigenvalue weighted by Gasteiger charge is -2.04. The van der Waals surface area contributed by atoms with Crippen molar-refractivity contribution in [3.05, 3.63) is 11.5 Å². The Balaban J connectivity index is 2.52. The van der Waals surface area contributed by atoms with Crippen LogP contribution in [0.25, 0.3) is 0 Å². The largest absolute Gasteiger partial charge is 0.450 e. The van der Waals surface area contributed by atoms with Crippen molar-refractivity contribution >= 4 is 0 Å². The third kappa shape index (κ3) is 3.67. The smallest absolute Gasteiger partial charge is 0.394 e. The fourth-order valence-corrected chi connectivity index (χ4v) is 0.901. The lowest BCUT2D eigenvalue weighted by molar-refractivity contribution is -0.140. The molecule has 0 amide bonds. The van der Waals surface area contributed by atoms with Gasteiger partial charge in [0, 0.05) is 0 Å². The molecule has 16 heavy (non-hydrogen) atoms. The number of halogens is 5. The second kappa shape index (κ2) is 4.67. The quantitative estimate of drug-likeness (QED) is 0.764. The van der Waals surface area contributed by atoms with E-state index in [-0.39, 0.29) is 5.76 Å². The predicted molar refractivity (Wildman–Crippen MR) is 42.4 cm³/mol. The molecule has 0 saturated heterocycles. The summed E-state index contributed by atoms with van der Waals surface area (Å²) < 4.78 is 68.6. The molecule has 0 saturated carbocycles. The number of alkyl halides is 5. The zero-order valence-corrected chi connectivity index (χ0v) is 8.15. The summed E-state index contributed by atoms with van der Waals surface area (Å²) in [7, 11) is 0. The molecule has 8 heteroatoms. The lowest BCUT2D eigenvalue weighted by Crippen LogP contribution is -2.13. The van der Waals surface area contributed by atoms with E-state index in [0.717, 1.165) is 0 Å². The molecular weight excluding hydrogens is 237 g/mol. The van der Waals surface area contributed by atoms with E-state index in [4.69, 9.17) is 0 Å². The maximum atomic E-state index is 12.2. The molecule has 0 fully saturated rings. The van der Waals surface area contributed by atoms with Crippen molar-refractivity contribution in [1.82, 2.24) is 4.98 Å². The highest BCUT2D eigenvalue weighted by Gasteiger charge is 2.27. The van der Waals surface area contributed by atoms with Gasteiger partial charge in [-0.15, -0.1) is 0 Å². The number of ether oxygens (including phenoxy) is 1. The van der Waals surface area contributed by atoms with E-state index in [1.54, 1.807) is 0 Å². The Morgan fingerprint density at radius 1 is 1.38 bits per heavy atom. The molecule has 0 aliphatic heterocycles. The first-order chi connectivity index (χ1) is 7.29. The van der Waals surface area contributed by atoms with Gasteiger partial charge in [-0.2, -0.15) is 18.2 Å². The summed E-state index contributed by atoms with van der Waals surface area (Å²) in [6, 6.07) is 0. The van der Waals surface area contributed by atoms with Crippen LogP contribution in [0, 0.1) is 6.92 Å². The highest BCUT2D eigenvalue weighted by atomic mass is 19.4. The van der Waals surface area contributed by atoms with E-state index in [2.05, 4.69) is 14.1 Å². The van der Waals surface area contributed by atoms with Gasteiger partial charge < -0.3 is 9.15 Å². The SMILES string of the molecule is Cc1oc(OCCC(F)(F)F)nc1C(F)F. The molecule has 0 radical (unpaired) electrons. The standard InChI is InChI=1S/C8H8F5NO2/c1-4-5(6(9)10)14-7(16-4)15-3-2-8(11,12)13/h6H,2-3H2,1H3. The number of rotatable bonds is 4. The van der Waals surface area contributed by atoms with Crippen LogP contribution in [0.3, 0.4) is 0 Å². The summed E-state index contributed by atoms with van der Waals surface area (Å²) in [5.74, 6) is -0.169. The Hall–Kier alpha value is -1.34. The van der Waals surface area contributed by atoms with Gasteiger partial charge in [0.1, 0.15) is 12.4 Å². The molecule has 0 aliphatic carbocycles. The Labute approximate surface area is 87.2 Å². The fourth-order valence-electron chi connectivity index (χ4n) is 0.901. The van der Waals surface area contributed by atoms with Crippen molar-refractivity contribution in [2.24, 2.45) is 0 Å². The zero-order valence-electron chi connectivity index (χ0n) is 8.15. The molecule has 92 valence electrons. The maximum absolute atomic E-state index is 12.2. The van der Waals surface area contributed by atoms with Crippen LogP contribution in [-0.2, 0) is 0 Å². The van der Waals surface area contributed by atoms with Crippen LogP contribution in [0.5, 0.6) is 6.08 Å². The topological polar surface area (TPSA) is 35.3 Å². The average molecular weight is 245 g/mol. The van der Waals surface area contributed by atoms with Gasteiger partial charge in [0.2, 0.25) is 0 Å². The van der Waals surface area contributed by atoms with Crippen LogP contribution >= 0.6 is 0 Å². The zero-order chi connectivity index (χ0) is 12.3. The molecule has 1 heterocycles. The second-order valence-electron chi connectivity index (χ2n) is 2.94. The highest BCUT2D eigenvalue weighted by Crippen LogP contribution is 2.26. The Morgan fingerprint density at radius 3 is 2.44 bits per heavy atom. The number of aromatic nitrogens is 1. The third-order valence-corrected chi connectivity index (χ3v) is 1.63. The maximum Gasteiger partial charge on any atom is 0.394 e. The Bertz CT molecular complexity index is 347. The molecule has 1 aromatic rings. The minimum atomic E-state index is -4.37. The minimum Gasteiger partial charge on any atom is -0.450 e. The van der Waals surface area contributed by atoms with Crippen LogP contribution in [0.4, 0.5) is 22.0 Å². The average Bonchev–Trinajstić information content (AvgIpc) is 2.44. The summed E-state index contributed by atoms with van der Waals surface area (Å²) in [5.41, 5.74) is -0.623. The van der Waals surface area contributed by atoms with Gasteiger partial charge in [-0.25, -0.2) is 8.78 Å². The minimum absolute atomic E-state index is 0.169. The summed E-state index contributed by atoms with van der Waals surface area (Å²) in [6.45, 7) is 0.511. The molecule has 0 spiro atoms. The monoisotopic (exact) mass is 245 g/mol. The van der Waals surface area contributed by atoms with Gasteiger partial charge in [0.25, 0.3) is 6.43 Å². The number of hydrogen-bond donors (Lipinski definition) is 0. The highest BCUT2D eigenvalue weighted by molar-refractivity contribution is 5.11. The predicted octanol–water partition coefficient (Wildman–Crippen LogP) is 3.25. The molecule has 0 unspecified atom stereocenters. The summed E-state index contributed by atoms with van der Waals surface area (Å²) >= 11 is 0. The van der Waals surface area contributed by atoms with Crippen LogP contribution in [0.15, 0.2) is 4.42 Å². The van der Waals surface area contributed by atoms with Crippen molar-refractivity contribution in [3.63, 3.8) is 0 Å². The normalized spacial score (nSPS) is 12.2. The molecule has 0 N–H and O–H groups in total. The van der Waals surface area contributed by atoms with E-state index < -0.39 is 37.4 Å². The molecule has 0 aliphatic rings.